The van der Waals surface area contributed by atoms with Gasteiger partial charge in [0.15, 0.2) is 0 Å². The number of aryl methyl sites for hydroxylation is 1. The van der Waals surface area contributed by atoms with Crippen molar-refractivity contribution in [3.63, 3.8) is 0 Å². The van der Waals surface area contributed by atoms with Gasteiger partial charge in [0.1, 0.15) is 18.0 Å². The fraction of sp³-hybridized carbons (Fsp3) is 0.700. The number of amidine groups is 1. The second-order valence-electron chi connectivity index (χ2n) is 4.34. The molecule has 1 saturated carbocycles. The number of oxime groups is 1. The number of aromatic nitrogens is 3. The molecule has 0 aliphatic heterocycles. The van der Waals surface area contributed by atoms with Crippen LogP contribution < -0.4 is 5.73 Å². The van der Waals surface area contributed by atoms with Gasteiger partial charge in [0.05, 0.1) is 6.54 Å². The molecule has 17 heavy (non-hydrogen) atoms. The van der Waals surface area contributed by atoms with E-state index in [1.54, 1.807) is 11.0 Å². The minimum Gasteiger partial charge on any atom is -0.409 e. The van der Waals surface area contributed by atoms with Gasteiger partial charge in [-0.15, -0.1) is 0 Å². The lowest BCUT2D eigenvalue weighted by Crippen LogP contribution is -2.31. The van der Waals surface area contributed by atoms with E-state index in [0.717, 1.165) is 18.9 Å². The second-order valence-corrected chi connectivity index (χ2v) is 4.34. The van der Waals surface area contributed by atoms with Crippen LogP contribution in [0.1, 0.15) is 25.1 Å². The molecule has 0 atom stereocenters. The van der Waals surface area contributed by atoms with E-state index in [0.29, 0.717) is 12.5 Å². The lowest BCUT2D eigenvalue weighted by Gasteiger charge is -2.20. The second kappa shape index (κ2) is 5.13. The summed E-state index contributed by atoms with van der Waals surface area (Å²) in [6.07, 6.45) is 4.57. The highest BCUT2D eigenvalue weighted by Gasteiger charge is 2.29. The summed E-state index contributed by atoms with van der Waals surface area (Å²) < 4.78 is 1.78. The van der Waals surface area contributed by atoms with E-state index >= 15 is 0 Å². The lowest BCUT2D eigenvalue weighted by molar-refractivity contribution is 0.249. The first-order chi connectivity index (χ1) is 8.20. The van der Waals surface area contributed by atoms with Crippen LogP contribution >= 0.6 is 0 Å². The van der Waals surface area contributed by atoms with Crippen LogP contribution in [0.4, 0.5) is 0 Å². The summed E-state index contributed by atoms with van der Waals surface area (Å²) >= 11 is 0. The number of rotatable bonds is 6. The molecule has 1 heterocycles. The van der Waals surface area contributed by atoms with Crippen LogP contribution in [0.5, 0.6) is 0 Å². The zero-order valence-electron chi connectivity index (χ0n) is 9.95. The van der Waals surface area contributed by atoms with E-state index in [1.807, 2.05) is 7.05 Å². The fourth-order valence-corrected chi connectivity index (χ4v) is 1.78. The molecule has 3 N–H and O–H groups in total. The van der Waals surface area contributed by atoms with Crippen LogP contribution in [-0.2, 0) is 13.6 Å². The monoisotopic (exact) mass is 238 g/mol. The highest BCUT2D eigenvalue weighted by atomic mass is 16.4. The van der Waals surface area contributed by atoms with Crippen molar-refractivity contribution in [3.05, 3.63) is 12.2 Å². The first kappa shape index (κ1) is 11.8. The zero-order chi connectivity index (χ0) is 12.3. The van der Waals surface area contributed by atoms with Gasteiger partial charge < -0.3 is 10.9 Å². The molecule has 94 valence electrons. The van der Waals surface area contributed by atoms with Crippen LogP contribution in [0.3, 0.4) is 0 Å². The molecule has 0 radical (unpaired) electrons. The Morgan fingerprint density at radius 3 is 3.00 bits per heavy atom. The Bertz CT molecular complexity index is 397. The molecule has 2 rings (SSSR count). The summed E-state index contributed by atoms with van der Waals surface area (Å²) in [6.45, 7) is 1.55. The molecule has 1 aliphatic rings. The van der Waals surface area contributed by atoms with E-state index in [-0.39, 0.29) is 5.84 Å². The van der Waals surface area contributed by atoms with Crippen molar-refractivity contribution in [2.45, 2.75) is 31.8 Å². The van der Waals surface area contributed by atoms with Gasteiger partial charge in [-0.1, -0.05) is 5.16 Å². The van der Waals surface area contributed by atoms with Crippen molar-refractivity contribution in [2.24, 2.45) is 17.9 Å². The van der Waals surface area contributed by atoms with E-state index < -0.39 is 0 Å². The molecule has 1 fully saturated rings. The molecular weight excluding hydrogens is 220 g/mol. The maximum Gasteiger partial charge on any atom is 0.140 e. The van der Waals surface area contributed by atoms with E-state index in [9.17, 15) is 0 Å². The third kappa shape index (κ3) is 3.16. The van der Waals surface area contributed by atoms with Crippen molar-refractivity contribution in [1.82, 2.24) is 19.7 Å². The third-order valence-corrected chi connectivity index (χ3v) is 3.00. The maximum absolute atomic E-state index is 8.52. The van der Waals surface area contributed by atoms with Crippen molar-refractivity contribution in [3.8, 4) is 0 Å². The first-order valence-corrected chi connectivity index (χ1v) is 5.74. The molecule has 1 aromatic rings. The van der Waals surface area contributed by atoms with Crippen molar-refractivity contribution in [2.75, 3.05) is 6.54 Å². The van der Waals surface area contributed by atoms with Gasteiger partial charge in [-0.05, 0) is 12.8 Å². The Labute approximate surface area is 99.9 Å². The molecule has 1 aromatic heterocycles. The smallest absolute Gasteiger partial charge is 0.140 e. The molecule has 7 heteroatoms. The van der Waals surface area contributed by atoms with Gasteiger partial charge in [0.2, 0.25) is 0 Å². The topological polar surface area (TPSA) is 92.6 Å². The van der Waals surface area contributed by atoms with E-state index in [2.05, 4.69) is 20.1 Å². The molecule has 7 nitrogen and oxygen atoms in total. The minimum atomic E-state index is 0.272. The summed E-state index contributed by atoms with van der Waals surface area (Å²) in [5.41, 5.74) is 5.49. The highest BCUT2D eigenvalue weighted by Crippen LogP contribution is 2.27. The summed E-state index contributed by atoms with van der Waals surface area (Å²) in [5, 5.41) is 15.6. The predicted molar refractivity (Wildman–Crippen MR) is 62.5 cm³/mol. The van der Waals surface area contributed by atoms with Gasteiger partial charge in [0.25, 0.3) is 0 Å². The quantitative estimate of drug-likeness (QED) is 0.313. The summed E-state index contributed by atoms with van der Waals surface area (Å²) in [6, 6.07) is 0.609. The van der Waals surface area contributed by atoms with E-state index in [4.69, 9.17) is 10.9 Å². The Morgan fingerprint density at radius 2 is 2.47 bits per heavy atom. The first-order valence-electron chi connectivity index (χ1n) is 5.74. The number of nitrogens with two attached hydrogens (primary N) is 1. The molecule has 0 spiro atoms. The Balaban J connectivity index is 1.91. The van der Waals surface area contributed by atoms with Crippen LogP contribution in [0.25, 0.3) is 0 Å². The Hall–Kier alpha value is -1.63. The Morgan fingerprint density at radius 1 is 1.71 bits per heavy atom. The van der Waals surface area contributed by atoms with Gasteiger partial charge in [-0.2, -0.15) is 5.10 Å². The van der Waals surface area contributed by atoms with Crippen molar-refractivity contribution < 1.29 is 5.21 Å². The van der Waals surface area contributed by atoms with Crippen molar-refractivity contribution >= 4 is 5.84 Å². The summed E-state index contributed by atoms with van der Waals surface area (Å²) in [5.74, 6) is 1.21. The zero-order valence-corrected chi connectivity index (χ0v) is 9.95. The SMILES string of the molecule is Cn1ncnc1CN(CCC(N)=NO)C1CC1. The van der Waals surface area contributed by atoms with Crippen LogP contribution in [-0.4, -0.2) is 43.3 Å². The molecule has 1 aliphatic carbocycles. The van der Waals surface area contributed by atoms with Gasteiger partial charge in [-0.25, -0.2) is 4.98 Å². The molecule has 0 saturated heterocycles. The highest BCUT2D eigenvalue weighted by molar-refractivity contribution is 5.79. The molecule has 0 amide bonds. The predicted octanol–water partition coefficient (Wildman–Crippen LogP) is -0.0840. The average molecular weight is 238 g/mol. The average Bonchev–Trinajstić information content (AvgIpc) is 3.09. The van der Waals surface area contributed by atoms with Crippen LogP contribution in [0.15, 0.2) is 11.5 Å². The Kier molecular flexibility index (Phi) is 3.58. The molecule has 0 unspecified atom stereocenters. The summed E-state index contributed by atoms with van der Waals surface area (Å²) in [7, 11) is 1.89. The lowest BCUT2D eigenvalue weighted by atomic mass is 10.3. The van der Waals surface area contributed by atoms with Gasteiger partial charge >= 0.3 is 0 Å². The van der Waals surface area contributed by atoms with Gasteiger partial charge in [-0.3, -0.25) is 9.58 Å². The number of hydrogen-bond acceptors (Lipinski definition) is 5. The number of hydrogen-bond donors (Lipinski definition) is 2. The maximum atomic E-state index is 8.52. The van der Waals surface area contributed by atoms with Crippen molar-refractivity contribution in [1.29, 1.82) is 0 Å². The van der Waals surface area contributed by atoms with Gasteiger partial charge in [0, 0.05) is 26.1 Å². The minimum absolute atomic E-state index is 0.272. The number of nitrogens with zero attached hydrogens (tertiary/aromatic N) is 5. The standard InChI is InChI=1S/C10H18N6O/c1-15-10(12-7-13-15)6-16(8-2-3-8)5-4-9(11)14-17/h7-8,17H,2-6H2,1H3,(H2,11,14). The largest absolute Gasteiger partial charge is 0.409 e. The normalized spacial score (nSPS) is 16.7. The molecule has 0 aromatic carbocycles. The third-order valence-electron chi connectivity index (χ3n) is 3.00. The van der Waals surface area contributed by atoms with Crippen LogP contribution in [0, 0.1) is 0 Å². The van der Waals surface area contributed by atoms with E-state index in [1.165, 1.54) is 12.8 Å². The molecule has 0 bridgehead atoms. The summed E-state index contributed by atoms with van der Waals surface area (Å²) in [4.78, 5) is 6.52. The molecular formula is C10H18N6O. The fourth-order valence-electron chi connectivity index (χ4n) is 1.78. The van der Waals surface area contributed by atoms with Crippen LogP contribution in [0.2, 0.25) is 0 Å².